The number of aryl methyl sites for hydroxylation is 2. The Balaban J connectivity index is 1.61. The van der Waals surface area contributed by atoms with Crippen molar-refractivity contribution < 1.29 is 4.57 Å². The van der Waals surface area contributed by atoms with Gasteiger partial charge >= 0.3 is 0 Å². The number of thiazole rings is 1. The van der Waals surface area contributed by atoms with Crippen LogP contribution in [0, 0.1) is 6.92 Å². The summed E-state index contributed by atoms with van der Waals surface area (Å²) in [6, 6.07) is 38.7. The van der Waals surface area contributed by atoms with Crippen LogP contribution in [0.5, 0.6) is 0 Å². The number of para-hydroxylation sites is 2. The largest absolute Gasteiger partial charge is 0.296 e. The van der Waals surface area contributed by atoms with Crippen LogP contribution in [0.3, 0.4) is 0 Å². The first-order valence-electron chi connectivity index (χ1n) is 12.1. The fourth-order valence-electron chi connectivity index (χ4n) is 5.31. The summed E-state index contributed by atoms with van der Waals surface area (Å²) in [7, 11) is 2.18. The molecule has 2 heterocycles. The second-order valence-electron chi connectivity index (χ2n) is 9.20. The van der Waals surface area contributed by atoms with Gasteiger partial charge in [-0.1, -0.05) is 84.9 Å². The summed E-state index contributed by atoms with van der Waals surface area (Å²) in [5.74, 6) is 1.17. The fraction of sp³-hybridized carbons (Fsp3) is 0.0625. The first-order chi connectivity index (χ1) is 17.7. The van der Waals surface area contributed by atoms with Crippen molar-refractivity contribution in [3.63, 3.8) is 0 Å². The highest BCUT2D eigenvalue weighted by atomic mass is 32.1. The Kier molecular flexibility index (Phi) is 4.76. The maximum Gasteiger partial charge on any atom is 0.296 e. The Morgan fingerprint density at radius 3 is 2.39 bits per heavy atom. The van der Waals surface area contributed by atoms with Gasteiger partial charge in [-0.2, -0.15) is 4.57 Å². The number of benzene rings is 5. The number of hydrogen-bond acceptors (Lipinski definition) is 2. The third-order valence-electron chi connectivity index (χ3n) is 7.03. The summed E-state index contributed by atoms with van der Waals surface area (Å²) < 4.78 is 5.98. The van der Waals surface area contributed by atoms with Crippen molar-refractivity contribution in [2.45, 2.75) is 6.92 Å². The molecule has 36 heavy (non-hydrogen) atoms. The van der Waals surface area contributed by atoms with Crippen LogP contribution in [0.15, 0.2) is 109 Å². The Hall–Kier alpha value is -4.28. The second-order valence-corrected chi connectivity index (χ2v) is 10.2. The van der Waals surface area contributed by atoms with E-state index in [4.69, 9.17) is 4.98 Å². The summed E-state index contributed by atoms with van der Waals surface area (Å²) in [5, 5.41) is 3.52. The lowest BCUT2D eigenvalue weighted by Gasteiger charge is -2.09. The molecule has 0 fully saturated rings. The lowest BCUT2D eigenvalue weighted by Crippen LogP contribution is -2.30. The second kappa shape index (κ2) is 8.14. The van der Waals surface area contributed by atoms with E-state index in [1.54, 1.807) is 11.3 Å². The van der Waals surface area contributed by atoms with Gasteiger partial charge in [-0.25, -0.2) is 9.55 Å². The zero-order chi connectivity index (χ0) is 24.2. The molecule has 0 N–H and O–H groups in total. The average Bonchev–Trinajstić information content (AvgIpc) is 3.48. The van der Waals surface area contributed by atoms with Gasteiger partial charge in [0, 0.05) is 10.9 Å². The minimum Gasteiger partial charge on any atom is -0.236 e. The number of hydrogen-bond donors (Lipinski definition) is 0. The average molecular weight is 483 g/mol. The molecule has 0 radical (unpaired) electrons. The highest BCUT2D eigenvalue weighted by molar-refractivity contribution is 7.22. The molecule has 7 aromatic rings. The van der Waals surface area contributed by atoms with Crippen LogP contribution in [0.2, 0.25) is 0 Å². The van der Waals surface area contributed by atoms with Gasteiger partial charge in [0.2, 0.25) is 0 Å². The van der Waals surface area contributed by atoms with Crippen LogP contribution in [-0.4, -0.2) is 9.55 Å². The zero-order valence-corrected chi connectivity index (χ0v) is 21.0. The predicted octanol–water partition coefficient (Wildman–Crippen LogP) is 7.86. The highest BCUT2D eigenvalue weighted by Crippen LogP contribution is 2.40. The molecule has 0 unspecified atom stereocenters. The van der Waals surface area contributed by atoms with Crippen LogP contribution in [0.4, 0.5) is 0 Å². The monoisotopic (exact) mass is 482 g/mol. The summed E-state index contributed by atoms with van der Waals surface area (Å²) in [4.78, 5) is 5.05. The van der Waals surface area contributed by atoms with Crippen molar-refractivity contribution in [1.82, 2.24) is 9.55 Å². The van der Waals surface area contributed by atoms with E-state index in [2.05, 4.69) is 132 Å². The van der Waals surface area contributed by atoms with Gasteiger partial charge < -0.3 is 0 Å². The van der Waals surface area contributed by atoms with E-state index in [-0.39, 0.29) is 0 Å². The molecule has 0 amide bonds. The number of fused-ring (bicyclic) bond motifs is 3. The number of rotatable bonds is 3. The molecule has 0 saturated carbocycles. The minimum absolute atomic E-state index is 1.04. The minimum atomic E-state index is 1.04. The lowest BCUT2D eigenvalue weighted by molar-refractivity contribution is -0.633. The normalized spacial score (nSPS) is 11.6. The third kappa shape index (κ3) is 3.11. The maximum atomic E-state index is 5.05. The number of imidazole rings is 1. The van der Waals surface area contributed by atoms with E-state index in [1.807, 2.05) is 0 Å². The Labute approximate surface area is 213 Å². The lowest BCUT2D eigenvalue weighted by atomic mass is 10.1. The zero-order valence-electron chi connectivity index (χ0n) is 20.1. The molecule has 0 aliphatic heterocycles. The van der Waals surface area contributed by atoms with Gasteiger partial charge in [0.25, 0.3) is 5.82 Å². The molecule has 3 nitrogen and oxygen atoms in total. The van der Waals surface area contributed by atoms with Crippen molar-refractivity contribution in [1.29, 1.82) is 0 Å². The Morgan fingerprint density at radius 2 is 1.50 bits per heavy atom. The standard InChI is InChI=1S/C32H24N3S/c1-21-19-20-25-30(36-31(33-25)23-12-4-3-5-13-23)29(21)32-34(2)27-16-8-9-17-28(27)35(32)26-18-10-14-22-11-6-7-15-24(22)26/h3-20H,1-2H3/q+1. The molecule has 2 aromatic heterocycles. The summed E-state index contributed by atoms with van der Waals surface area (Å²) in [6.45, 7) is 2.21. The third-order valence-corrected chi connectivity index (χ3v) is 8.17. The van der Waals surface area contributed by atoms with E-state index in [9.17, 15) is 0 Å². The van der Waals surface area contributed by atoms with E-state index < -0.39 is 0 Å². The van der Waals surface area contributed by atoms with E-state index >= 15 is 0 Å². The molecule has 0 spiro atoms. The first-order valence-corrected chi connectivity index (χ1v) is 13.0. The predicted molar refractivity (Wildman–Crippen MR) is 151 cm³/mol. The van der Waals surface area contributed by atoms with Crippen molar-refractivity contribution in [3.05, 3.63) is 115 Å². The molecule has 0 bridgehead atoms. The molecule has 172 valence electrons. The summed E-state index contributed by atoms with van der Waals surface area (Å²) in [5.41, 5.74) is 8.24. The topological polar surface area (TPSA) is 21.7 Å². The van der Waals surface area contributed by atoms with Crippen molar-refractivity contribution in [2.75, 3.05) is 0 Å². The van der Waals surface area contributed by atoms with Crippen LogP contribution < -0.4 is 4.57 Å². The molecular weight excluding hydrogens is 458 g/mol. The van der Waals surface area contributed by atoms with E-state index in [0.29, 0.717) is 0 Å². The van der Waals surface area contributed by atoms with Crippen LogP contribution >= 0.6 is 11.3 Å². The van der Waals surface area contributed by atoms with Gasteiger partial charge in [0.1, 0.15) is 10.7 Å². The van der Waals surface area contributed by atoms with Crippen LogP contribution in [0.1, 0.15) is 5.56 Å². The van der Waals surface area contributed by atoms with Gasteiger partial charge in [0.05, 0.1) is 22.8 Å². The van der Waals surface area contributed by atoms with Gasteiger partial charge in [0.15, 0.2) is 11.0 Å². The number of nitrogens with zero attached hydrogens (tertiary/aromatic N) is 3. The maximum absolute atomic E-state index is 5.05. The van der Waals surface area contributed by atoms with Crippen molar-refractivity contribution in [2.24, 2.45) is 7.05 Å². The van der Waals surface area contributed by atoms with Gasteiger partial charge in [-0.15, -0.1) is 11.3 Å². The fourth-order valence-corrected chi connectivity index (χ4v) is 6.48. The van der Waals surface area contributed by atoms with Gasteiger partial charge in [-0.05, 0) is 42.1 Å². The summed E-state index contributed by atoms with van der Waals surface area (Å²) in [6.07, 6.45) is 0. The molecule has 0 saturated heterocycles. The molecular formula is C32H24N3S+. The SMILES string of the molecule is Cc1ccc2nc(-c3ccccc3)sc2c1-c1n(-c2cccc3ccccc23)c2ccccc2[n+]1C. The summed E-state index contributed by atoms with van der Waals surface area (Å²) >= 11 is 1.77. The molecule has 4 heteroatoms. The molecule has 7 rings (SSSR count). The number of aromatic nitrogens is 3. The smallest absolute Gasteiger partial charge is 0.236 e. The molecule has 0 aliphatic carbocycles. The quantitative estimate of drug-likeness (QED) is 0.235. The Bertz CT molecular complexity index is 1910. The first kappa shape index (κ1) is 21.0. The molecule has 0 aliphatic rings. The molecule has 0 atom stereocenters. The van der Waals surface area contributed by atoms with Crippen molar-refractivity contribution >= 4 is 43.4 Å². The van der Waals surface area contributed by atoms with Crippen LogP contribution in [-0.2, 0) is 7.05 Å². The van der Waals surface area contributed by atoms with E-state index in [0.717, 1.165) is 16.1 Å². The Morgan fingerprint density at radius 1 is 0.750 bits per heavy atom. The van der Waals surface area contributed by atoms with Crippen molar-refractivity contribution in [3.8, 4) is 27.6 Å². The van der Waals surface area contributed by atoms with Crippen LogP contribution in [0.25, 0.3) is 59.7 Å². The highest BCUT2D eigenvalue weighted by Gasteiger charge is 2.30. The van der Waals surface area contributed by atoms with E-state index in [1.165, 1.54) is 49.1 Å². The molecule has 5 aromatic carbocycles. The van der Waals surface area contributed by atoms with Gasteiger partial charge in [-0.3, -0.25) is 0 Å².